The van der Waals surface area contributed by atoms with Crippen molar-refractivity contribution < 1.29 is 5.11 Å². The van der Waals surface area contributed by atoms with Crippen molar-refractivity contribution in [2.24, 2.45) is 0 Å². The normalized spacial score (nSPS) is 15.4. The van der Waals surface area contributed by atoms with Crippen LogP contribution in [-0.2, 0) is 6.54 Å². The summed E-state index contributed by atoms with van der Waals surface area (Å²) in [6.07, 6.45) is 6.52. The molecular formula is C10H18N2OS. The molecule has 0 saturated carbocycles. The van der Waals surface area contributed by atoms with Gasteiger partial charge >= 0.3 is 0 Å². The lowest BCUT2D eigenvalue weighted by Gasteiger charge is -2.13. The average molecular weight is 214 g/mol. The molecule has 80 valence electrons. The Kier molecular flexibility index (Phi) is 5.04. The second-order valence-electron chi connectivity index (χ2n) is 3.47. The number of aryl methyl sites for hydroxylation is 1. The van der Waals surface area contributed by atoms with E-state index in [1.54, 1.807) is 6.20 Å². The van der Waals surface area contributed by atoms with Gasteiger partial charge in [-0.3, -0.25) is 0 Å². The molecule has 2 unspecified atom stereocenters. The van der Waals surface area contributed by atoms with E-state index in [-0.39, 0.29) is 6.10 Å². The van der Waals surface area contributed by atoms with E-state index in [1.807, 2.05) is 31.2 Å². The van der Waals surface area contributed by atoms with Crippen LogP contribution in [0.3, 0.4) is 0 Å². The number of rotatable bonds is 6. The van der Waals surface area contributed by atoms with Crippen LogP contribution >= 0.6 is 11.8 Å². The Labute approximate surface area is 89.5 Å². The third-order valence-corrected chi connectivity index (χ3v) is 3.62. The van der Waals surface area contributed by atoms with Gasteiger partial charge in [0.25, 0.3) is 0 Å². The standard InChI is InChI=1S/C10H18N2OS/c1-9(13)10(2)14-7-3-5-12-6-4-11-8-12/h4,6,8-10,13H,3,5,7H2,1-2H3. The second-order valence-corrected chi connectivity index (χ2v) is 4.96. The summed E-state index contributed by atoms with van der Waals surface area (Å²) in [7, 11) is 0. The van der Waals surface area contributed by atoms with Gasteiger partial charge in [-0.1, -0.05) is 6.92 Å². The lowest BCUT2D eigenvalue weighted by atomic mass is 10.3. The van der Waals surface area contributed by atoms with E-state index in [0.717, 1.165) is 18.7 Å². The van der Waals surface area contributed by atoms with Gasteiger partial charge in [-0.05, 0) is 19.1 Å². The summed E-state index contributed by atoms with van der Waals surface area (Å²) in [6, 6.07) is 0. The molecule has 4 heteroatoms. The first-order valence-corrected chi connectivity index (χ1v) is 6.00. The van der Waals surface area contributed by atoms with Gasteiger partial charge in [-0.15, -0.1) is 0 Å². The van der Waals surface area contributed by atoms with E-state index in [2.05, 4.69) is 16.5 Å². The highest BCUT2D eigenvalue weighted by Crippen LogP contribution is 2.15. The SMILES string of the molecule is CC(O)C(C)SCCCn1ccnc1. The van der Waals surface area contributed by atoms with Crippen LogP contribution in [0.5, 0.6) is 0 Å². The lowest BCUT2D eigenvalue weighted by Crippen LogP contribution is -2.15. The number of hydrogen-bond acceptors (Lipinski definition) is 3. The van der Waals surface area contributed by atoms with E-state index < -0.39 is 0 Å². The van der Waals surface area contributed by atoms with Crippen LogP contribution in [0.1, 0.15) is 20.3 Å². The maximum Gasteiger partial charge on any atom is 0.0945 e. The van der Waals surface area contributed by atoms with Crippen LogP contribution in [0.25, 0.3) is 0 Å². The van der Waals surface area contributed by atoms with Gasteiger partial charge in [-0.25, -0.2) is 4.98 Å². The highest BCUT2D eigenvalue weighted by atomic mass is 32.2. The van der Waals surface area contributed by atoms with Crippen molar-refractivity contribution in [3.8, 4) is 0 Å². The molecule has 14 heavy (non-hydrogen) atoms. The number of aliphatic hydroxyl groups is 1. The predicted molar refractivity (Wildman–Crippen MR) is 60.4 cm³/mol. The van der Waals surface area contributed by atoms with E-state index in [9.17, 15) is 5.11 Å². The minimum Gasteiger partial charge on any atom is -0.392 e. The number of imidazole rings is 1. The topological polar surface area (TPSA) is 38.0 Å². The quantitative estimate of drug-likeness (QED) is 0.733. The molecule has 3 nitrogen and oxygen atoms in total. The predicted octanol–water partition coefficient (Wildman–Crippen LogP) is 1.78. The molecule has 1 N–H and O–H groups in total. The largest absolute Gasteiger partial charge is 0.392 e. The molecule has 1 rings (SSSR count). The van der Waals surface area contributed by atoms with Crippen LogP contribution < -0.4 is 0 Å². The third-order valence-electron chi connectivity index (χ3n) is 2.18. The van der Waals surface area contributed by atoms with Gasteiger partial charge < -0.3 is 9.67 Å². The summed E-state index contributed by atoms with van der Waals surface area (Å²) in [5.41, 5.74) is 0. The monoisotopic (exact) mass is 214 g/mol. The summed E-state index contributed by atoms with van der Waals surface area (Å²) >= 11 is 1.82. The molecule has 0 saturated heterocycles. The molecule has 0 aliphatic carbocycles. The molecule has 0 spiro atoms. The number of aromatic nitrogens is 2. The first kappa shape index (κ1) is 11.6. The van der Waals surface area contributed by atoms with E-state index in [4.69, 9.17) is 0 Å². The zero-order valence-corrected chi connectivity index (χ0v) is 9.57. The van der Waals surface area contributed by atoms with Crippen molar-refractivity contribution in [3.63, 3.8) is 0 Å². The fourth-order valence-electron chi connectivity index (χ4n) is 1.07. The fourth-order valence-corrected chi connectivity index (χ4v) is 2.02. The molecule has 1 heterocycles. The average Bonchev–Trinajstić information content (AvgIpc) is 2.64. The molecule has 0 aromatic carbocycles. The van der Waals surface area contributed by atoms with Gasteiger partial charge in [0.15, 0.2) is 0 Å². The molecule has 0 fully saturated rings. The number of thioether (sulfide) groups is 1. The van der Waals surface area contributed by atoms with Crippen molar-refractivity contribution in [3.05, 3.63) is 18.7 Å². The zero-order valence-electron chi connectivity index (χ0n) is 8.76. The van der Waals surface area contributed by atoms with E-state index in [1.165, 1.54) is 0 Å². The van der Waals surface area contributed by atoms with E-state index >= 15 is 0 Å². The van der Waals surface area contributed by atoms with Crippen molar-refractivity contribution in [2.45, 2.75) is 38.2 Å². The molecule has 2 atom stereocenters. The van der Waals surface area contributed by atoms with Gasteiger partial charge in [-0.2, -0.15) is 11.8 Å². The molecule has 0 aliphatic rings. The van der Waals surface area contributed by atoms with Crippen LogP contribution in [0.2, 0.25) is 0 Å². The van der Waals surface area contributed by atoms with Crippen molar-refractivity contribution in [2.75, 3.05) is 5.75 Å². The first-order valence-electron chi connectivity index (χ1n) is 4.95. The smallest absolute Gasteiger partial charge is 0.0945 e. The van der Waals surface area contributed by atoms with Crippen molar-refractivity contribution in [1.82, 2.24) is 9.55 Å². The minimum absolute atomic E-state index is 0.215. The molecule has 0 bridgehead atoms. The Morgan fingerprint density at radius 2 is 2.29 bits per heavy atom. The van der Waals surface area contributed by atoms with Crippen LogP contribution in [0.4, 0.5) is 0 Å². The first-order chi connectivity index (χ1) is 6.70. The van der Waals surface area contributed by atoms with Crippen LogP contribution in [-0.4, -0.2) is 31.8 Å². The molecule has 0 radical (unpaired) electrons. The number of nitrogens with zero attached hydrogens (tertiary/aromatic N) is 2. The summed E-state index contributed by atoms with van der Waals surface area (Å²) in [5, 5.41) is 9.60. The number of hydrogen-bond donors (Lipinski definition) is 1. The Balaban J connectivity index is 2.05. The highest BCUT2D eigenvalue weighted by Gasteiger charge is 2.07. The van der Waals surface area contributed by atoms with E-state index in [0.29, 0.717) is 5.25 Å². The molecule has 0 amide bonds. The molecule has 1 aromatic heterocycles. The lowest BCUT2D eigenvalue weighted by molar-refractivity contribution is 0.196. The summed E-state index contributed by atoms with van der Waals surface area (Å²) in [6.45, 7) is 4.92. The Hall–Kier alpha value is -0.480. The van der Waals surface area contributed by atoms with Crippen LogP contribution in [0, 0.1) is 0 Å². The Morgan fingerprint density at radius 1 is 1.50 bits per heavy atom. The number of aliphatic hydroxyl groups excluding tert-OH is 1. The summed E-state index contributed by atoms with van der Waals surface area (Å²) in [4.78, 5) is 3.98. The van der Waals surface area contributed by atoms with Gasteiger partial charge in [0, 0.05) is 24.2 Å². The Morgan fingerprint density at radius 3 is 2.86 bits per heavy atom. The van der Waals surface area contributed by atoms with Crippen LogP contribution in [0.15, 0.2) is 18.7 Å². The maximum atomic E-state index is 9.27. The fraction of sp³-hybridized carbons (Fsp3) is 0.700. The second kappa shape index (κ2) is 6.09. The molecule has 0 aliphatic heterocycles. The maximum absolute atomic E-state index is 9.27. The summed E-state index contributed by atoms with van der Waals surface area (Å²) in [5.74, 6) is 1.09. The molecular weight excluding hydrogens is 196 g/mol. The minimum atomic E-state index is -0.215. The van der Waals surface area contributed by atoms with Gasteiger partial charge in [0.2, 0.25) is 0 Å². The van der Waals surface area contributed by atoms with Gasteiger partial charge in [0.05, 0.1) is 12.4 Å². The zero-order chi connectivity index (χ0) is 10.4. The van der Waals surface area contributed by atoms with Gasteiger partial charge in [0.1, 0.15) is 0 Å². The van der Waals surface area contributed by atoms with Crippen molar-refractivity contribution >= 4 is 11.8 Å². The third kappa shape index (κ3) is 4.15. The molecule has 1 aromatic rings. The highest BCUT2D eigenvalue weighted by molar-refractivity contribution is 7.99. The van der Waals surface area contributed by atoms with Crippen molar-refractivity contribution in [1.29, 1.82) is 0 Å². The Bertz CT molecular complexity index is 236. The summed E-state index contributed by atoms with van der Waals surface area (Å²) < 4.78 is 2.08.